The van der Waals surface area contributed by atoms with Crippen LogP contribution in [-0.4, -0.2) is 28.9 Å². The van der Waals surface area contributed by atoms with Gasteiger partial charge >= 0.3 is 6.18 Å². The third kappa shape index (κ3) is 5.80. The summed E-state index contributed by atoms with van der Waals surface area (Å²) in [4.78, 5) is 25.1. The Hall–Kier alpha value is -1.45. The summed E-state index contributed by atoms with van der Waals surface area (Å²) in [6, 6.07) is 6.39. The summed E-state index contributed by atoms with van der Waals surface area (Å²) in [5, 5.41) is 4.00. The maximum Gasteiger partial charge on any atom is 0.390 e. The van der Waals surface area contributed by atoms with Crippen molar-refractivity contribution in [1.29, 1.82) is 0 Å². The lowest BCUT2D eigenvalue weighted by Gasteiger charge is -2.13. The minimum absolute atomic E-state index is 0.0287. The second-order valence-corrected chi connectivity index (χ2v) is 9.83. The Morgan fingerprint density at radius 2 is 1.70 bits per heavy atom. The Morgan fingerprint density at radius 3 is 2.30 bits per heavy atom. The molecule has 0 bridgehead atoms. The first-order chi connectivity index (χ1) is 15.2. The van der Waals surface area contributed by atoms with Crippen LogP contribution in [0.25, 0.3) is 0 Å². The van der Waals surface area contributed by atoms with Crippen LogP contribution in [0.1, 0.15) is 28.3 Å². The molecule has 2 N–H and O–H groups in total. The zero-order chi connectivity index (χ0) is 24.7. The van der Waals surface area contributed by atoms with E-state index in [0.717, 1.165) is 6.07 Å². The smallest absolute Gasteiger partial charge is 0.352 e. The van der Waals surface area contributed by atoms with Gasteiger partial charge < -0.3 is 10.6 Å². The molecular formula is C20H13Cl5F4N2O2. The molecule has 4 nitrogen and oxygen atoms in total. The van der Waals surface area contributed by atoms with Crippen molar-refractivity contribution in [2.45, 2.75) is 22.8 Å². The van der Waals surface area contributed by atoms with Crippen molar-refractivity contribution in [2.24, 2.45) is 5.92 Å². The van der Waals surface area contributed by atoms with E-state index in [2.05, 4.69) is 10.6 Å². The lowest BCUT2D eigenvalue weighted by atomic mass is 10.1. The molecule has 2 aromatic carbocycles. The number of nitrogens with one attached hydrogen (secondary N) is 2. The number of carbonyl (C=O) groups is 2. The fraction of sp³-hybridized carbons (Fsp3) is 0.300. The van der Waals surface area contributed by atoms with Gasteiger partial charge in [0, 0.05) is 12.5 Å². The van der Waals surface area contributed by atoms with E-state index in [0.29, 0.717) is 5.56 Å². The quantitative estimate of drug-likeness (QED) is 0.292. The molecule has 2 aromatic rings. The first kappa shape index (κ1) is 26.2. The Kier molecular flexibility index (Phi) is 7.66. The Bertz CT molecular complexity index is 1110. The van der Waals surface area contributed by atoms with Crippen molar-refractivity contribution in [3.8, 4) is 0 Å². The van der Waals surface area contributed by atoms with Crippen molar-refractivity contribution in [1.82, 2.24) is 5.32 Å². The topological polar surface area (TPSA) is 58.2 Å². The van der Waals surface area contributed by atoms with Crippen LogP contribution >= 0.6 is 58.0 Å². The number of halogens is 9. The van der Waals surface area contributed by atoms with Crippen molar-refractivity contribution < 1.29 is 27.2 Å². The fourth-order valence-electron chi connectivity index (χ4n) is 3.25. The molecule has 1 saturated carbocycles. The van der Waals surface area contributed by atoms with Crippen molar-refractivity contribution in [2.75, 3.05) is 11.9 Å². The van der Waals surface area contributed by atoms with Crippen LogP contribution in [0, 0.1) is 11.7 Å². The zero-order valence-corrected chi connectivity index (χ0v) is 20.0. The molecule has 2 amide bonds. The van der Waals surface area contributed by atoms with Gasteiger partial charge in [-0.05, 0) is 29.8 Å². The number of amides is 2. The SMILES string of the molecule is O=C(NCCC(F)(F)F)c1c(Cl)ccc(NC(=O)C2C(c3ccc(F)c(Cl)c3)C2(Cl)Cl)c1Cl. The first-order valence-corrected chi connectivity index (χ1v) is 11.1. The predicted molar refractivity (Wildman–Crippen MR) is 120 cm³/mol. The third-order valence-corrected chi connectivity index (χ3v) is 6.85. The van der Waals surface area contributed by atoms with Crippen LogP contribution in [-0.2, 0) is 4.79 Å². The molecule has 33 heavy (non-hydrogen) atoms. The van der Waals surface area contributed by atoms with Gasteiger partial charge in [0.2, 0.25) is 5.91 Å². The van der Waals surface area contributed by atoms with Gasteiger partial charge in [-0.15, -0.1) is 23.2 Å². The fourth-order valence-corrected chi connectivity index (χ4v) is 4.85. The van der Waals surface area contributed by atoms with Crippen LogP contribution in [0.5, 0.6) is 0 Å². The third-order valence-electron chi connectivity index (χ3n) is 4.91. The minimum atomic E-state index is -4.46. The van der Waals surface area contributed by atoms with Gasteiger partial charge in [0.25, 0.3) is 5.91 Å². The summed E-state index contributed by atoms with van der Waals surface area (Å²) in [5.74, 6) is -3.91. The second kappa shape index (κ2) is 9.66. The highest BCUT2D eigenvalue weighted by atomic mass is 35.5. The van der Waals surface area contributed by atoms with Crippen LogP contribution < -0.4 is 10.6 Å². The van der Waals surface area contributed by atoms with E-state index in [1.54, 1.807) is 0 Å². The number of benzene rings is 2. The summed E-state index contributed by atoms with van der Waals surface area (Å²) in [7, 11) is 0. The van der Waals surface area contributed by atoms with Gasteiger partial charge in [-0.2, -0.15) is 13.2 Å². The molecule has 0 heterocycles. The number of hydrogen-bond acceptors (Lipinski definition) is 2. The highest BCUT2D eigenvalue weighted by Gasteiger charge is 2.67. The molecule has 2 unspecified atom stereocenters. The molecule has 0 saturated heterocycles. The highest BCUT2D eigenvalue weighted by molar-refractivity contribution is 6.53. The first-order valence-electron chi connectivity index (χ1n) is 9.20. The maximum atomic E-state index is 13.4. The van der Waals surface area contributed by atoms with Crippen LogP contribution in [0.4, 0.5) is 23.2 Å². The van der Waals surface area contributed by atoms with Gasteiger partial charge in [0.15, 0.2) is 0 Å². The maximum absolute atomic E-state index is 13.4. The molecule has 0 aliphatic heterocycles. The van der Waals surface area contributed by atoms with E-state index >= 15 is 0 Å². The summed E-state index contributed by atoms with van der Waals surface area (Å²) in [5.41, 5.74) is 0.108. The molecule has 3 rings (SSSR count). The number of anilines is 1. The summed E-state index contributed by atoms with van der Waals surface area (Å²) >= 11 is 30.5. The molecule has 1 aliphatic rings. The predicted octanol–water partition coefficient (Wildman–Crippen LogP) is 6.99. The summed E-state index contributed by atoms with van der Waals surface area (Å²) < 4.78 is 48.9. The van der Waals surface area contributed by atoms with Crippen LogP contribution in [0.2, 0.25) is 15.1 Å². The van der Waals surface area contributed by atoms with Gasteiger partial charge in [0.05, 0.1) is 38.7 Å². The number of hydrogen-bond donors (Lipinski definition) is 2. The molecule has 0 aromatic heterocycles. The lowest BCUT2D eigenvalue weighted by molar-refractivity contribution is -0.133. The highest BCUT2D eigenvalue weighted by Crippen LogP contribution is 2.65. The second-order valence-electron chi connectivity index (χ2n) is 7.20. The molecule has 0 spiro atoms. The van der Waals surface area contributed by atoms with E-state index in [9.17, 15) is 27.2 Å². The van der Waals surface area contributed by atoms with E-state index in [-0.39, 0.29) is 26.3 Å². The number of alkyl halides is 5. The molecule has 178 valence electrons. The van der Waals surface area contributed by atoms with Gasteiger partial charge in [-0.3, -0.25) is 9.59 Å². The molecule has 13 heteroatoms. The monoisotopic (exact) mass is 564 g/mol. The standard InChI is InChI=1S/C20H13Cl5F4N2O2/c21-9-2-4-12(16(23)13(9)17(32)30-6-5-19(27,28)29)31-18(33)15-14(20(15,24)25)8-1-3-11(26)10(22)7-8/h1-4,7,14-15H,5-6H2,(H,30,32)(H,31,33). The summed E-state index contributed by atoms with van der Waals surface area (Å²) in [6.45, 7) is -0.684. The van der Waals surface area contributed by atoms with Crippen LogP contribution in [0.3, 0.4) is 0 Å². The molecule has 2 atom stereocenters. The Balaban J connectivity index is 1.77. The number of carbonyl (C=O) groups excluding carboxylic acids is 2. The zero-order valence-electron chi connectivity index (χ0n) is 16.2. The van der Waals surface area contributed by atoms with Crippen LogP contribution in [0.15, 0.2) is 30.3 Å². The van der Waals surface area contributed by atoms with Gasteiger partial charge in [-0.25, -0.2) is 4.39 Å². The average molecular weight is 567 g/mol. The Labute approximate surface area is 210 Å². The van der Waals surface area contributed by atoms with Gasteiger partial charge in [0.1, 0.15) is 10.2 Å². The lowest BCUT2D eigenvalue weighted by Crippen LogP contribution is -2.28. The molecule has 1 aliphatic carbocycles. The molecular weight excluding hydrogens is 553 g/mol. The summed E-state index contributed by atoms with van der Waals surface area (Å²) in [6.07, 6.45) is -5.70. The number of rotatable bonds is 6. The van der Waals surface area contributed by atoms with Gasteiger partial charge in [-0.1, -0.05) is 40.9 Å². The van der Waals surface area contributed by atoms with E-state index in [1.165, 1.54) is 24.3 Å². The normalized spacial score (nSPS) is 19.2. The van der Waals surface area contributed by atoms with E-state index < -0.39 is 52.9 Å². The van der Waals surface area contributed by atoms with Crippen molar-refractivity contribution in [3.63, 3.8) is 0 Å². The molecule has 0 radical (unpaired) electrons. The van der Waals surface area contributed by atoms with E-state index in [4.69, 9.17) is 58.0 Å². The largest absolute Gasteiger partial charge is 0.390 e. The average Bonchev–Trinajstić information content (AvgIpc) is 3.27. The van der Waals surface area contributed by atoms with Crippen molar-refractivity contribution >= 4 is 75.5 Å². The van der Waals surface area contributed by atoms with Crippen molar-refractivity contribution in [3.05, 3.63) is 62.3 Å². The van der Waals surface area contributed by atoms with E-state index in [1.807, 2.05) is 0 Å². The molecule has 1 fully saturated rings. The minimum Gasteiger partial charge on any atom is -0.352 e. The Morgan fingerprint density at radius 1 is 1.03 bits per heavy atom.